The van der Waals surface area contributed by atoms with E-state index in [2.05, 4.69) is 10.6 Å². The molecule has 0 bridgehead atoms. The number of hydrogen-bond donors (Lipinski definition) is 2. The first-order valence-electron chi connectivity index (χ1n) is 7.31. The molecular formula is C17H18Cl2N2O3. The lowest BCUT2D eigenvalue weighted by Crippen LogP contribution is -2.33. The Kier molecular flexibility index (Phi) is 7.03. The van der Waals surface area contributed by atoms with Crippen molar-refractivity contribution in [2.45, 2.75) is 0 Å². The van der Waals surface area contributed by atoms with Crippen molar-refractivity contribution in [3.63, 3.8) is 0 Å². The molecule has 0 aliphatic heterocycles. The maximum Gasteiger partial charge on any atom is 0.239 e. The van der Waals surface area contributed by atoms with Gasteiger partial charge in [-0.15, -0.1) is 0 Å². The number of carbonyl (C=O) groups is 1. The molecule has 0 aromatic heterocycles. The van der Waals surface area contributed by atoms with E-state index >= 15 is 0 Å². The lowest BCUT2D eigenvalue weighted by atomic mass is 10.3. The summed E-state index contributed by atoms with van der Waals surface area (Å²) < 4.78 is 10.6. The summed E-state index contributed by atoms with van der Waals surface area (Å²) in [5, 5.41) is 6.73. The Morgan fingerprint density at radius 2 is 1.79 bits per heavy atom. The van der Waals surface area contributed by atoms with Crippen molar-refractivity contribution in [1.82, 2.24) is 5.32 Å². The number of halogens is 2. The molecule has 0 heterocycles. The molecule has 128 valence electrons. The summed E-state index contributed by atoms with van der Waals surface area (Å²) in [5.41, 5.74) is 0.658. The average Bonchev–Trinajstić information content (AvgIpc) is 2.58. The summed E-state index contributed by atoms with van der Waals surface area (Å²) in [6.45, 7) is 0.893. The van der Waals surface area contributed by atoms with Crippen molar-refractivity contribution < 1.29 is 14.3 Å². The third-order valence-electron chi connectivity index (χ3n) is 3.12. The zero-order valence-corrected chi connectivity index (χ0v) is 14.7. The van der Waals surface area contributed by atoms with Crippen molar-refractivity contribution in [2.24, 2.45) is 0 Å². The summed E-state index contributed by atoms with van der Waals surface area (Å²) in [6.07, 6.45) is 0. The van der Waals surface area contributed by atoms with Gasteiger partial charge in [0.25, 0.3) is 0 Å². The maximum atomic E-state index is 11.8. The summed E-state index contributed by atoms with van der Waals surface area (Å²) in [6, 6.07) is 12.3. The highest BCUT2D eigenvalue weighted by Gasteiger charge is 2.04. The number of benzene rings is 2. The molecule has 0 saturated carbocycles. The quantitative estimate of drug-likeness (QED) is 0.698. The molecule has 5 nitrogen and oxygen atoms in total. The van der Waals surface area contributed by atoms with Gasteiger partial charge >= 0.3 is 0 Å². The third-order valence-corrected chi connectivity index (χ3v) is 3.67. The number of hydrogen-bond acceptors (Lipinski definition) is 4. The minimum absolute atomic E-state index is 0.115. The van der Waals surface area contributed by atoms with Crippen LogP contribution in [0.25, 0.3) is 0 Å². The molecule has 1 amide bonds. The number of ether oxygens (including phenoxy) is 2. The number of rotatable bonds is 8. The fraction of sp³-hybridized carbons (Fsp3) is 0.235. The summed E-state index contributed by atoms with van der Waals surface area (Å²) in [5.74, 6) is 1.33. The van der Waals surface area contributed by atoms with E-state index < -0.39 is 0 Å². The maximum absolute atomic E-state index is 11.8. The molecule has 0 aliphatic rings. The fourth-order valence-corrected chi connectivity index (χ4v) is 2.38. The number of carbonyl (C=O) groups excluding carboxylic acids is 1. The number of amides is 1. The highest BCUT2D eigenvalue weighted by Crippen LogP contribution is 2.25. The monoisotopic (exact) mass is 368 g/mol. The van der Waals surface area contributed by atoms with E-state index in [1.165, 1.54) is 0 Å². The van der Waals surface area contributed by atoms with Crippen LogP contribution in [0.15, 0.2) is 42.5 Å². The van der Waals surface area contributed by atoms with Crippen LogP contribution >= 0.6 is 23.2 Å². The Labute approximate surface area is 150 Å². The Bertz CT molecular complexity index is 678. The Balaban J connectivity index is 1.65. The molecule has 2 N–H and O–H groups in total. The van der Waals surface area contributed by atoms with Gasteiger partial charge in [-0.2, -0.15) is 0 Å². The fourth-order valence-electron chi connectivity index (χ4n) is 1.90. The Morgan fingerprint density at radius 1 is 1.08 bits per heavy atom. The van der Waals surface area contributed by atoms with Crippen LogP contribution in [-0.2, 0) is 4.79 Å². The molecule has 2 aromatic rings. The average molecular weight is 369 g/mol. The zero-order valence-electron chi connectivity index (χ0n) is 13.1. The van der Waals surface area contributed by atoms with E-state index in [0.717, 1.165) is 11.5 Å². The normalized spacial score (nSPS) is 10.1. The van der Waals surface area contributed by atoms with Gasteiger partial charge < -0.3 is 20.1 Å². The van der Waals surface area contributed by atoms with E-state index in [0.29, 0.717) is 28.9 Å². The molecule has 0 unspecified atom stereocenters. The SMILES string of the molecule is COc1ccc(OCCNC(=O)CNc2ccc(Cl)cc2Cl)cc1. The van der Waals surface area contributed by atoms with Crippen molar-refractivity contribution in [1.29, 1.82) is 0 Å². The van der Waals surface area contributed by atoms with Gasteiger partial charge in [-0.3, -0.25) is 4.79 Å². The molecule has 2 rings (SSSR count). The molecule has 2 aromatic carbocycles. The van der Waals surface area contributed by atoms with E-state index in [-0.39, 0.29) is 12.5 Å². The minimum atomic E-state index is -0.153. The molecule has 0 aliphatic carbocycles. The van der Waals surface area contributed by atoms with E-state index in [9.17, 15) is 4.79 Å². The van der Waals surface area contributed by atoms with Crippen LogP contribution in [0.5, 0.6) is 11.5 Å². The molecule has 0 spiro atoms. The van der Waals surface area contributed by atoms with Gasteiger partial charge in [0.1, 0.15) is 18.1 Å². The van der Waals surface area contributed by atoms with Crippen LogP contribution in [0.1, 0.15) is 0 Å². The number of nitrogens with one attached hydrogen (secondary N) is 2. The highest BCUT2D eigenvalue weighted by atomic mass is 35.5. The van der Waals surface area contributed by atoms with Gasteiger partial charge in [0.2, 0.25) is 5.91 Å². The van der Waals surface area contributed by atoms with Crippen LogP contribution in [0.4, 0.5) is 5.69 Å². The summed E-state index contributed by atoms with van der Waals surface area (Å²) in [7, 11) is 1.61. The van der Waals surface area contributed by atoms with Gasteiger partial charge in [0, 0.05) is 5.02 Å². The third kappa shape index (κ3) is 5.83. The first-order chi connectivity index (χ1) is 11.6. The second-order valence-corrected chi connectivity index (χ2v) is 5.70. The van der Waals surface area contributed by atoms with Gasteiger partial charge in [-0.1, -0.05) is 23.2 Å². The standard InChI is InChI=1S/C17H18Cl2N2O3/c1-23-13-3-5-14(6-4-13)24-9-8-20-17(22)11-21-16-7-2-12(18)10-15(16)19/h2-7,10,21H,8-9,11H2,1H3,(H,20,22). The van der Waals surface area contributed by atoms with Gasteiger partial charge in [0.15, 0.2) is 0 Å². The zero-order chi connectivity index (χ0) is 17.4. The highest BCUT2D eigenvalue weighted by molar-refractivity contribution is 6.36. The molecule has 24 heavy (non-hydrogen) atoms. The molecule has 7 heteroatoms. The smallest absolute Gasteiger partial charge is 0.239 e. The second kappa shape index (κ2) is 9.25. The second-order valence-electron chi connectivity index (χ2n) is 4.85. The van der Waals surface area contributed by atoms with Gasteiger partial charge in [-0.25, -0.2) is 0 Å². The topological polar surface area (TPSA) is 59.6 Å². The largest absolute Gasteiger partial charge is 0.497 e. The van der Waals surface area contributed by atoms with Crippen molar-refractivity contribution in [2.75, 3.05) is 32.1 Å². The molecule has 0 atom stereocenters. The molecular weight excluding hydrogens is 351 g/mol. The van der Waals surface area contributed by atoms with E-state index in [4.69, 9.17) is 32.7 Å². The first-order valence-corrected chi connectivity index (χ1v) is 8.06. The first kappa shape index (κ1) is 18.2. The predicted octanol–water partition coefficient (Wildman–Crippen LogP) is 3.61. The van der Waals surface area contributed by atoms with Gasteiger partial charge in [-0.05, 0) is 42.5 Å². The molecule has 0 saturated heterocycles. The van der Waals surface area contributed by atoms with Crippen molar-refractivity contribution in [3.8, 4) is 11.5 Å². The predicted molar refractivity (Wildman–Crippen MR) is 96.5 cm³/mol. The van der Waals surface area contributed by atoms with Crippen LogP contribution < -0.4 is 20.1 Å². The summed E-state index contributed by atoms with van der Waals surface area (Å²) >= 11 is 11.8. The van der Waals surface area contributed by atoms with Crippen LogP contribution in [0.3, 0.4) is 0 Å². The van der Waals surface area contributed by atoms with E-state index in [1.807, 2.05) is 24.3 Å². The molecule has 0 radical (unpaired) electrons. The van der Waals surface area contributed by atoms with Crippen molar-refractivity contribution >= 4 is 34.8 Å². The van der Waals surface area contributed by atoms with Crippen LogP contribution in [0, 0.1) is 0 Å². The lowest BCUT2D eigenvalue weighted by molar-refractivity contribution is -0.119. The van der Waals surface area contributed by atoms with Crippen molar-refractivity contribution in [3.05, 3.63) is 52.5 Å². The Hall–Kier alpha value is -2.11. The lowest BCUT2D eigenvalue weighted by Gasteiger charge is -2.10. The van der Waals surface area contributed by atoms with Crippen LogP contribution in [-0.4, -0.2) is 32.7 Å². The minimum Gasteiger partial charge on any atom is -0.497 e. The molecule has 0 fully saturated rings. The Morgan fingerprint density at radius 3 is 2.46 bits per heavy atom. The van der Waals surface area contributed by atoms with Crippen LogP contribution in [0.2, 0.25) is 10.0 Å². The number of anilines is 1. The number of methoxy groups -OCH3 is 1. The van der Waals surface area contributed by atoms with Gasteiger partial charge in [0.05, 0.1) is 30.9 Å². The van der Waals surface area contributed by atoms with E-state index in [1.54, 1.807) is 25.3 Å². The summed E-state index contributed by atoms with van der Waals surface area (Å²) in [4.78, 5) is 11.8.